The number of carboxylic acid groups (broad SMARTS) is 1. The molecule has 18 heavy (non-hydrogen) atoms. The summed E-state index contributed by atoms with van der Waals surface area (Å²) >= 11 is 0. The van der Waals surface area contributed by atoms with E-state index in [4.69, 9.17) is 16.6 Å². The second-order valence-corrected chi connectivity index (χ2v) is 5.02. The van der Waals surface area contributed by atoms with Crippen molar-refractivity contribution in [2.45, 2.75) is 44.2 Å². The number of carbonyl (C=O) groups is 1. The Morgan fingerprint density at radius 3 is 2.56 bits per heavy atom. The zero-order chi connectivity index (χ0) is 13.1. The van der Waals surface area contributed by atoms with Crippen molar-refractivity contribution in [1.82, 2.24) is 0 Å². The van der Waals surface area contributed by atoms with Crippen LogP contribution in [0.2, 0.25) is 0 Å². The lowest BCUT2D eigenvalue weighted by molar-refractivity contribution is -0.138. The number of aliphatic carboxylic acids is 1. The summed E-state index contributed by atoms with van der Waals surface area (Å²) in [5.74, 6) is -0.997. The standard InChI is InChI=1S/C14H20N2O2/c15-12(8-13(16)14(17)18)11-6-5-9-3-1-2-4-10(9)7-11/h5-7,12-13H,1-4,8,15-16H2,(H,17,18). The number of benzene rings is 1. The summed E-state index contributed by atoms with van der Waals surface area (Å²) in [6.45, 7) is 0. The molecule has 0 fully saturated rings. The first kappa shape index (κ1) is 13.1. The minimum Gasteiger partial charge on any atom is -0.480 e. The van der Waals surface area contributed by atoms with Crippen LogP contribution in [0.15, 0.2) is 18.2 Å². The molecule has 0 saturated heterocycles. The third-order valence-electron chi connectivity index (χ3n) is 3.63. The van der Waals surface area contributed by atoms with Gasteiger partial charge < -0.3 is 16.6 Å². The molecule has 5 N–H and O–H groups in total. The van der Waals surface area contributed by atoms with Gasteiger partial charge in [0.05, 0.1) is 0 Å². The van der Waals surface area contributed by atoms with Crippen LogP contribution in [-0.4, -0.2) is 17.1 Å². The first-order valence-electron chi connectivity index (χ1n) is 6.43. The lowest BCUT2D eigenvalue weighted by atomic mass is 9.88. The summed E-state index contributed by atoms with van der Waals surface area (Å²) in [5, 5.41) is 8.79. The molecule has 1 aromatic carbocycles. The van der Waals surface area contributed by atoms with Gasteiger partial charge in [-0.25, -0.2) is 0 Å². The van der Waals surface area contributed by atoms with Gasteiger partial charge in [-0.2, -0.15) is 0 Å². The van der Waals surface area contributed by atoms with Gasteiger partial charge in [0, 0.05) is 6.04 Å². The number of aryl methyl sites for hydroxylation is 2. The van der Waals surface area contributed by atoms with Gasteiger partial charge in [0.1, 0.15) is 6.04 Å². The molecule has 1 aliphatic carbocycles. The molecule has 0 amide bonds. The maximum atomic E-state index is 10.7. The smallest absolute Gasteiger partial charge is 0.320 e. The monoisotopic (exact) mass is 248 g/mol. The largest absolute Gasteiger partial charge is 0.480 e. The summed E-state index contributed by atoms with van der Waals surface area (Å²) in [6, 6.07) is 5.05. The van der Waals surface area contributed by atoms with Crippen LogP contribution in [0.3, 0.4) is 0 Å². The van der Waals surface area contributed by atoms with Crippen molar-refractivity contribution in [3.63, 3.8) is 0 Å². The number of rotatable bonds is 4. The third-order valence-corrected chi connectivity index (χ3v) is 3.63. The Balaban J connectivity index is 2.11. The highest BCUT2D eigenvalue weighted by atomic mass is 16.4. The highest BCUT2D eigenvalue weighted by Gasteiger charge is 2.18. The van der Waals surface area contributed by atoms with Crippen molar-refractivity contribution >= 4 is 5.97 Å². The van der Waals surface area contributed by atoms with Gasteiger partial charge >= 0.3 is 5.97 Å². The van der Waals surface area contributed by atoms with E-state index in [1.165, 1.54) is 24.0 Å². The Bertz CT molecular complexity index is 445. The van der Waals surface area contributed by atoms with E-state index in [0.717, 1.165) is 18.4 Å². The first-order valence-corrected chi connectivity index (χ1v) is 6.43. The first-order chi connectivity index (χ1) is 8.58. The molecular weight excluding hydrogens is 228 g/mol. The van der Waals surface area contributed by atoms with Gasteiger partial charge in [-0.15, -0.1) is 0 Å². The maximum absolute atomic E-state index is 10.7. The zero-order valence-electron chi connectivity index (χ0n) is 10.4. The number of fused-ring (bicyclic) bond motifs is 1. The molecule has 4 nitrogen and oxygen atoms in total. The van der Waals surface area contributed by atoms with Gasteiger partial charge in [-0.05, 0) is 48.8 Å². The summed E-state index contributed by atoms with van der Waals surface area (Å²) < 4.78 is 0. The van der Waals surface area contributed by atoms with Gasteiger partial charge in [0.25, 0.3) is 0 Å². The average Bonchev–Trinajstić information content (AvgIpc) is 2.37. The molecule has 2 rings (SSSR count). The molecule has 0 spiro atoms. The SMILES string of the molecule is NC(CC(N)c1ccc2c(c1)CCCC2)C(=O)O. The summed E-state index contributed by atoms with van der Waals surface area (Å²) in [6.07, 6.45) is 4.98. The topological polar surface area (TPSA) is 89.3 Å². The van der Waals surface area contributed by atoms with Crippen LogP contribution in [0.1, 0.15) is 42.0 Å². The highest BCUT2D eigenvalue weighted by Crippen LogP contribution is 2.25. The van der Waals surface area contributed by atoms with Gasteiger partial charge in [-0.3, -0.25) is 4.79 Å². The molecular formula is C14H20N2O2. The molecule has 0 heterocycles. The Kier molecular flexibility index (Phi) is 3.99. The van der Waals surface area contributed by atoms with E-state index in [9.17, 15) is 4.79 Å². The zero-order valence-corrected chi connectivity index (χ0v) is 10.4. The van der Waals surface area contributed by atoms with Crippen molar-refractivity contribution in [1.29, 1.82) is 0 Å². The molecule has 98 valence electrons. The molecule has 2 unspecified atom stereocenters. The fourth-order valence-electron chi connectivity index (χ4n) is 2.49. The van der Waals surface area contributed by atoms with Gasteiger partial charge in [-0.1, -0.05) is 18.2 Å². The van der Waals surface area contributed by atoms with E-state index in [2.05, 4.69) is 12.1 Å². The highest BCUT2D eigenvalue weighted by molar-refractivity contribution is 5.73. The van der Waals surface area contributed by atoms with Crippen molar-refractivity contribution in [3.8, 4) is 0 Å². The van der Waals surface area contributed by atoms with E-state index < -0.39 is 12.0 Å². The molecule has 0 saturated carbocycles. The normalized spacial score (nSPS) is 17.9. The minimum absolute atomic E-state index is 0.272. The Hall–Kier alpha value is -1.39. The fraction of sp³-hybridized carbons (Fsp3) is 0.500. The number of nitrogens with two attached hydrogens (primary N) is 2. The maximum Gasteiger partial charge on any atom is 0.320 e. The molecule has 0 aliphatic heterocycles. The Morgan fingerprint density at radius 2 is 1.89 bits per heavy atom. The van der Waals surface area contributed by atoms with E-state index in [-0.39, 0.29) is 12.5 Å². The molecule has 1 aliphatic rings. The van der Waals surface area contributed by atoms with Crippen LogP contribution < -0.4 is 11.5 Å². The number of hydrogen-bond donors (Lipinski definition) is 3. The third kappa shape index (κ3) is 2.89. The van der Waals surface area contributed by atoms with Crippen LogP contribution in [0.25, 0.3) is 0 Å². The van der Waals surface area contributed by atoms with Crippen molar-refractivity contribution in [2.75, 3.05) is 0 Å². The molecule has 0 radical (unpaired) electrons. The average molecular weight is 248 g/mol. The van der Waals surface area contributed by atoms with E-state index in [1.807, 2.05) is 6.07 Å². The second-order valence-electron chi connectivity index (χ2n) is 5.02. The van der Waals surface area contributed by atoms with Crippen LogP contribution in [0.5, 0.6) is 0 Å². The van der Waals surface area contributed by atoms with Crippen LogP contribution >= 0.6 is 0 Å². The summed E-state index contributed by atoms with van der Waals surface area (Å²) in [7, 11) is 0. The fourth-order valence-corrected chi connectivity index (χ4v) is 2.49. The van der Waals surface area contributed by atoms with Crippen LogP contribution in [0.4, 0.5) is 0 Å². The lowest BCUT2D eigenvalue weighted by Gasteiger charge is -2.20. The molecule has 0 aromatic heterocycles. The van der Waals surface area contributed by atoms with E-state index in [0.29, 0.717) is 0 Å². The summed E-state index contributed by atoms with van der Waals surface area (Å²) in [5.41, 5.74) is 15.3. The van der Waals surface area contributed by atoms with Crippen molar-refractivity contribution in [3.05, 3.63) is 34.9 Å². The predicted molar refractivity (Wildman–Crippen MR) is 70.2 cm³/mol. The Labute approximate surface area is 107 Å². The van der Waals surface area contributed by atoms with Crippen LogP contribution in [-0.2, 0) is 17.6 Å². The number of carboxylic acids is 1. The van der Waals surface area contributed by atoms with E-state index >= 15 is 0 Å². The molecule has 0 bridgehead atoms. The molecule has 2 atom stereocenters. The van der Waals surface area contributed by atoms with Crippen molar-refractivity contribution < 1.29 is 9.90 Å². The van der Waals surface area contributed by atoms with Gasteiger partial charge in [0.15, 0.2) is 0 Å². The minimum atomic E-state index is -0.997. The summed E-state index contributed by atoms with van der Waals surface area (Å²) in [4.78, 5) is 10.7. The van der Waals surface area contributed by atoms with E-state index in [1.54, 1.807) is 0 Å². The Morgan fingerprint density at radius 1 is 1.22 bits per heavy atom. The van der Waals surface area contributed by atoms with Gasteiger partial charge in [0.2, 0.25) is 0 Å². The number of hydrogen-bond acceptors (Lipinski definition) is 3. The van der Waals surface area contributed by atoms with Crippen LogP contribution in [0, 0.1) is 0 Å². The van der Waals surface area contributed by atoms with Crippen molar-refractivity contribution in [2.24, 2.45) is 11.5 Å². The second kappa shape index (κ2) is 5.50. The quantitative estimate of drug-likeness (QED) is 0.750. The molecule has 4 heteroatoms. The predicted octanol–water partition coefficient (Wildman–Crippen LogP) is 1.37. The lowest BCUT2D eigenvalue weighted by Crippen LogP contribution is -2.33. The molecule has 1 aromatic rings.